The summed E-state index contributed by atoms with van der Waals surface area (Å²) in [4.78, 5) is 24.1. The summed E-state index contributed by atoms with van der Waals surface area (Å²) in [6.45, 7) is 6.08. The summed E-state index contributed by atoms with van der Waals surface area (Å²) in [7, 11) is 3.08. The van der Waals surface area contributed by atoms with Crippen LogP contribution in [-0.4, -0.2) is 39.2 Å². The number of carbonyl (C=O) groups excluding carboxylic acids is 2. The van der Waals surface area contributed by atoms with Crippen LogP contribution in [0.1, 0.15) is 22.8 Å². The molecule has 154 valence electrons. The molecule has 0 saturated heterocycles. The lowest BCUT2D eigenvalue weighted by Crippen LogP contribution is -2.28. The van der Waals surface area contributed by atoms with Gasteiger partial charge in [0.2, 0.25) is 0 Å². The number of rotatable bonds is 10. The third-order valence-corrected chi connectivity index (χ3v) is 4.04. The number of amides is 2. The Bertz CT molecular complexity index is 862. The second kappa shape index (κ2) is 10.8. The molecule has 2 aromatic rings. The molecule has 0 heterocycles. The van der Waals surface area contributed by atoms with Crippen LogP contribution in [0.4, 0.5) is 5.69 Å². The van der Waals surface area contributed by atoms with Crippen molar-refractivity contribution in [2.45, 2.75) is 13.3 Å². The van der Waals surface area contributed by atoms with Crippen LogP contribution in [0.2, 0.25) is 0 Å². The van der Waals surface area contributed by atoms with Crippen molar-refractivity contribution in [1.82, 2.24) is 5.32 Å². The van der Waals surface area contributed by atoms with Crippen LogP contribution in [-0.2, 0) is 11.2 Å². The first-order valence-corrected chi connectivity index (χ1v) is 9.19. The monoisotopic (exact) mass is 398 g/mol. The van der Waals surface area contributed by atoms with Gasteiger partial charge in [0.15, 0.2) is 18.1 Å². The molecule has 0 unspecified atom stereocenters. The summed E-state index contributed by atoms with van der Waals surface area (Å²) in [5.41, 5.74) is 1.84. The van der Waals surface area contributed by atoms with Crippen LogP contribution in [0.5, 0.6) is 17.2 Å². The molecule has 0 radical (unpaired) electrons. The minimum Gasteiger partial charge on any atom is -0.493 e. The van der Waals surface area contributed by atoms with Gasteiger partial charge in [-0.25, -0.2) is 0 Å². The largest absolute Gasteiger partial charge is 0.493 e. The average Bonchev–Trinajstić information content (AvgIpc) is 2.73. The van der Waals surface area contributed by atoms with Gasteiger partial charge in [-0.05, 0) is 49.7 Å². The number of nitrogens with one attached hydrogen (secondary N) is 2. The Balaban J connectivity index is 2.10. The zero-order valence-electron chi connectivity index (χ0n) is 16.9. The highest BCUT2D eigenvalue weighted by molar-refractivity contribution is 6.05. The van der Waals surface area contributed by atoms with Gasteiger partial charge in [0, 0.05) is 23.4 Å². The van der Waals surface area contributed by atoms with Crippen molar-refractivity contribution in [1.29, 1.82) is 0 Å². The molecule has 29 heavy (non-hydrogen) atoms. The summed E-state index contributed by atoms with van der Waals surface area (Å²) in [5.74, 6) is 1.12. The zero-order valence-corrected chi connectivity index (χ0v) is 16.9. The molecule has 0 fully saturated rings. The second-order valence-corrected chi connectivity index (χ2v) is 6.08. The number of allylic oxidation sites excluding steroid dienone is 1. The molecule has 2 rings (SSSR count). The van der Waals surface area contributed by atoms with Gasteiger partial charge in [0.25, 0.3) is 11.8 Å². The first-order valence-electron chi connectivity index (χ1n) is 9.19. The van der Waals surface area contributed by atoms with Gasteiger partial charge in [-0.1, -0.05) is 6.08 Å². The summed E-state index contributed by atoms with van der Waals surface area (Å²) < 4.78 is 16.1. The van der Waals surface area contributed by atoms with Crippen LogP contribution in [0.3, 0.4) is 0 Å². The van der Waals surface area contributed by atoms with Crippen molar-refractivity contribution in [3.63, 3.8) is 0 Å². The second-order valence-electron chi connectivity index (χ2n) is 6.08. The van der Waals surface area contributed by atoms with Crippen molar-refractivity contribution < 1.29 is 23.8 Å². The molecule has 0 aliphatic carbocycles. The Morgan fingerprint density at radius 3 is 2.41 bits per heavy atom. The van der Waals surface area contributed by atoms with Gasteiger partial charge in [-0.15, -0.1) is 6.58 Å². The maximum Gasteiger partial charge on any atom is 0.257 e. The number of likely N-dealkylation sites (N-methyl/N-ethyl adjacent to an activating group) is 1. The molecular weight excluding hydrogens is 372 g/mol. The lowest BCUT2D eigenvalue weighted by Gasteiger charge is -2.14. The number of carbonyl (C=O) groups is 2. The molecule has 0 aliphatic heterocycles. The molecule has 0 bridgehead atoms. The van der Waals surface area contributed by atoms with E-state index in [1.807, 2.05) is 6.92 Å². The summed E-state index contributed by atoms with van der Waals surface area (Å²) in [6.07, 6.45) is 2.27. The third kappa shape index (κ3) is 6.00. The maximum atomic E-state index is 12.7. The summed E-state index contributed by atoms with van der Waals surface area (Å²) in [6, 6.07) is 10.2. The van der Waals surface area contributed by atoms with Crippen molar-refractivity contribution in [3.8, 4) is 17.2 Å². The van der Waals surface area contributed by atoms with E-state index in [1.165, 1.54) is 7.11 Å². The van der Waals surface area contributed by atoms with Gasteiger partial charge < -0.3 is 24.8 Å². The summed E-state index contributed by atoms with van der Waals surface area (Å²) >= 11 is 0. The van der Waals surface area contributed by atoms with Crippen LogP contribution in [0.15, 0.2) is 49.1 Å². The van der Waals surface area contributed by atoms with Crippen molar-refractivity contribution >= 4 is 17.5 Å². The Labute approximate surface area is 170 Å². The van der Waals surface area contributed by atoms with E-state index in [1.54, 1.807) is 49.6 Å². The Morgan fingerprint density at radius 2 is 1.83 bits per heavy atom. The predicted molar refractivity (Wildman–Crippen MR) is 112 cm³/mol. The Morgan fingerprint density at radius 1 is 1.10 bits per heavy atom. The Kier molecular flexibility index (Phi) is 8.09. The molecule has 0 aromatic heterocycles. The van der Waals surface area contributed by atoms with Crippen molar-refractivity contribution in [3.05, 3.63) is 60.2 Å². The van der Waals surface area contributed by atoms with E-state index in [4.69, 9.17) is 14.2 Å². The highest BCUT2D eigenvalue weighted by atomic mass is 16.5. The van der Waals surface area contributed by atoms with E-state index in [2.05, 4.69) is 17.2 Å². The van der Waals surface area contributed by atoms with E-state index in [9.17, 15) is 9.59 Å². The van der Waals surface area contributed by atoms with Gasteiger partial charge in [-0.2, -0.15) is 0 Å². The number of benzene rings is 2. The zero-order chi connectivity index (χ0) is 21.2. The Hall–Kier alpha value is -3.48. The van der Waals surface area contributed by atoms with E-state index in [-0.39, 0.29) is 18.4 Å². The molecule has 2 amide bonds. The number of methoxy groups -OCH3 is 2. The van der Waals surface area contributed by atoms with Crippen molar-refractivity contribution in [2.24, 2.45) is 0 Å². The van der Waals surface area contributed by atoms with Crippen LogP contribution < -0.4 is 24.8 Å². The van der Waals surface area contributed by atoms with Gasteiger partial charge in [0.05, 0.1) is 14.2 Å². The molecular formula is C22H26N2O5. The summed E-state index contributed by atoms with van der Waals surface area (Å²) in [5, 5.41) is 5.49. The van der Waals surface area contributed by atoms with Crippen LogP contribution in [0.25, 0.3) is 0 Å². The highest BCUT2D eigenvalue weighted by Gasteiger charge is 2.16. The molecule has 0 atom stereocenters. The van der Waals surface area contributed by atoms with E-state index in [0.29, 0.717) is 41.5 Å². The molecule has 7 heteroatoms. The fourth-order valence-corrected chi connectivity index (χ4v) is 2.72. The quantitative estimate of drug-likeness (QED) is 0.601. The first kappa shape index (κ1) is 21.8. The maximum absolute atomic E-state index is 12.7. The fourth-order valence-electron chi connectivity index (χ4n) is 2.72. The molecule has 0 saturated carbocycles. The lowest BCUT2D eigenvalue weighted by atomic mass is 10.0. The topological polar surface area (TPSA) is 85.9 Å². The number of ether oxygens (including phenoxy) is 3. The smallest absolute Gasteiger partial charge is 0.257 e. The van der Waals surface area contributed by atoms with E-state index in [0.717, 1.165) is 5.56 Å². The highest BCUT2D eigenvalue weighted by Crippen LogP contribution is 2.33. The number of hydrogen-bond donors (Lipinski definition) is 2. The standard InChI is InChI=1S/C22H26N2O5/c1-5-7-15-12-16(13-19(27-3)21(15)28-4)22(26)24-17-8-10-18(11-9-17)29-14-20(25)23-6-2/h5,8-13H,1,6-7,14H2,2-4H3,(H,23,25)(H,24,26). The van der Waals surface area contributed by atoms with Gasteiger partial charge in [0.1, 0.15) is 5.75 Å². The van der Waals surface area contributed by atoms with Gasteiger partial charge >= 0.3 is 0 Å². The van der Waals surface area contributed by atoms with E-state index >= 15 is 0 Å². The number of hydrogen-bond acceptors (Lipinski definition) is 5. The third-order valence-electron chi connectivity index (χ3n) is 4.04. The number of anilines is 1. The molecule has 2 N–H and O–H groups in total. The van der Waals surface area contributed by atoms with Crippen molar-refractivity contribution in [2.75, 3.05) is 32.7 Å². The predicted octanol–water partition coefficient (Wildman–Crippen LogP) is 3.20. The minimum absolute atomic E-state index is 0.0583. The average molecular weight is 398 g/mol. The lowest BCUT2D eigenvalue weighted by molar-refractivity contribution is -0.122. The normalized spacial score (nSPS) is 10.0. The van der Waals surface area contributed by atoms with Gasteiger partial charge in [-0.3, -0.25) is 9.59 Å². The minimum atomic E-state index is -0.285. The molecule has 0 spiro atoms. The van der Waals surface area contributed by atoms with Crippen LogP contribution >= 0.6 is 0 Å². The molecule has 7 nitrogen and oxygen atoms in total. The first-order chi connectivity index (χ1) is 14.0. The fraction of sp³-hybridized carbons (Fsp3) is 0.273. The van der Waals surface area contributed by atoms with Crippen LogP contribution in [0, 0.1) is 0 Å². The molecule has 0 aliphatic rings. The van der Waals surface area contributed by atoms with E-state index < -0.39 is 0 Å². The molecule has 2 aromatic carbocycles. The SMILES string of the molecule is C=CCc1cc(C(=O)Nc2ccc(OCC(=O)NCC)cc2)cc(OC)c1OC.